The molecule has 0 bridgehead atoms. The van der Waals surface area contributed by atoms with E-state index in [0.717, 1.165) is 0 Å². The molecule has 0 unspecified atom stereocenters. The SMILES string of the molecule is CCNC(=O)CCS(=O)(=O)CCN. The highest BCUT2D eigenvalue weighted by Crippen LogP contribution is 1.92. The number of hydrogen-bond acceptors (Lipinski definition) is 4. The molecule has 13 heavy (non-hydrogen) atoms. The van der Waals surface area contributed by atoms with Crippen molar-refractivity contribution in [1.82, 2.24) is 5.32 Å². The molecular formula is C7H16N2O3S. The molecule has 6 heteroatoms. The molecule has 0 saturated heterocycles. The molecule has 0 spiro atoms. The summed E-state index contributed by atoms with van der Waals surface area (Å²) in [5.41, 5.74) is 5.10. The van der Waals surface area contributed by atoms with Gasteiger partial charge in [0.25, 0.3) is 0 Å². The van der Waals surface area contributed by atoms with Gasteiger partial charge in [-0.1, -0.05) is 0 Å². The van der Waals surface area contributed by atoms with Crippen molar-refractivity contribution in [2.45, 2.75) is 13.3 Å². The molecule has 3 N–H and O–H groups in total. The summed E-state index contributed by atoms with van der Waals surface area (Å²) in [7, 11) is -3.13. The van der Waals surface area contributed by atoms with Crippen molar-refractivity contribution in [3.05, 3.63) is 0 Å². The summed E-state index contributed by atoms with van der Waals surface area (Å²) >= 11 is 0. The van der Waals surface area contributed by atoms with E-state index in [0.29, 0.717) is 6.54 Å². The van der Waals surface area contributed by atoms with E-state index in [-0.39, 0.29) is 30.4 Å². The van der Waals surface area contributed by atoms with Crippen molar-refractivity contribution in [1.29, 1.82) is 0 Å². The third-order valence-electron chi connectivity index (χ3n) is 1.44. The van der Waals surface area contributed by atoms with Gasteiger partial charge in [0.05, 0.1) is 11.5 Å². The largest absolute Gasteiger partial charge is 0.356 e. The lowest BCUT2D eigenvalue weighted by molar-refractivity contribution is -0.120. The van der Waals surface area contributed by atoms with Crippen LogP contribution < -0.4 is 11.1 Å². The van der Waals surface area contributed by atoms with Crippen LogP contribution in [0.15, 0.2) is 0 Å². The first-order valence-electron chi connectivity index (χ1n) is 4.19. The van der Waals surface area contributed by atoms with Gasteiger partial charge < -0.3 is 11.1 Å². The Bertz CT molecular complexity index is 248. The normalized spacial score (nSPS) is 11.2. The third kappa shape index (κ3) is 6.53. The Morgan fingerprint density at radius 1 is 1.38 bits per heavy atom. The first-order valence-corrected chi connectivity index (χ1v) is 6.01. The molecule has 0 aromatic carbocycles. The van der Waals surface area contributed by atoms with Crippen molar-refractivity contribution in [3.8, 4) is 0 Å². The molecule has 0 aliphatic rings. The molecule has 0 aromatic heterocycles. The van der Waals surface area contributed by atoms with Crippen molar-refractivity contribution in [3.63, 3.8) is 0 Å². The zero-order valence-electron chi connectivity index (χ0n) is 7.75. The molecule has 0 aromatic rings. The van der Waals surface area contributed by atoms with Crippen LogP contribution >= 0.6 is 0 Å². The van der Waals surface area contributed by atoms with Crippen LogP contribution in [0.2, 0.25) is 0 Å². The Morgan fingerprint density at radius 3 is 2.46 bits per heavy atom. The lowest BCUT2D eigenvalue weighted by Gasteiger charge is -2.02. The fourth-order valence-electron chi connectivity index (χ4n) is 0.815. The van der Waals surface area contributed by atoms with Crippen LogP contribution in [0.4, 0.5) is 0 Å². The van der Waals surface area contributed by atoms with E-state index in [2.05, 4.69) is 5.32 Å². The van der Waals surface area contributed by atoms with Crippen LogP contribution in [0.25, 0.3) is 0 Å². The van der Waals surface area contributed by atoms with Crippen LogP contribution in [0.5, 0.6) is 0 Å². The number of amides is 1. The Kier molecular flexibility index (Phi) is 5.65. The summed E-state index contributed by atoms with van der Waals surface area (Å²) in [6.45, 7) is 2.42. The second kappa shape index (κ2) is 5.93. The maximum Gasteiger partial charge on any atom is 0.221 e. The minimum atomic E-state index is -3.13. The predicted octanol–water partition coefficient (Wildman–Crippen LogP) is -1.11. The minimum Gasteiger partial charge on any atom is -0.356 e. The van der Waals surface area contributed by atoms with Crippen LogP contribution in [-0.2, 0) is 14.6 Å². The van der Waals surface area contributed by atoms with Gasteiger partial charge in [0.1, 0.15) is 0 Å². The Balaban J connectivity index is 3.81. The summed E-state index contributed by atoms with van der Waals surface area (Å²) in [4.78, 5) is 10.9. The number of carbonyl (C=O) groups excluding carboxylic acids is 1. The summed E-state index contributed by atoms with van der Waals surface area (Å²) in [5, 5.41) is 2.53. The Labute approximate surface area is 78.6 Å². The van der Waals surface area contributed by atoms with Gasteiger partial charge in [-0.05, 0) is 6.92 Å². The molecule has 0 heterocycles. The summed E-state index contributed by atoms with van der Waals surface area (Å²) in [6.07, 6.45) is 0.0240. The second-order valence-corrected chi connectivity index (χ2v) is 4.95. The lowest BCUT2D eigenvalue weighted by Crippen LogP contribution is -2.27. The summed E-state index contributed by atoms with van der Waals surface area (Å²) in [5.74, 6) is -0.397. The second-order valence-electron chi connectivity index (χ2n) is 2.64. The van der Waals surface area contributed by atoms with Crippen LogP contribution in [-0.4, -0.2) is 38.9 Å². The lowest BCUT2D eigenvalue weighted by atomic mass is 10.4. The quantitative estimate of drug-likeness (QED) is 0.579. The molecule has 0 rings (SSSR count). The number of sulfone groups is 1. The zero-order chi connectivity index (χ0) is 10.3. The van der Waals surface area contributed by atoms with E-state index in [4.69, 9.17) is 5.73 Å². The van der Waals surface area contributed by atoms with E-state index in [1.165, 1.54) is 0 Å². The minimum absolute atomic E-state index is 0.0240. The highest BCUT2D eigenvalue weighted by Gasteiger charge is 2.11. The zero-order valence-corrected chi connectivity index (χ0v) is 8.56. The molecule has 5 nitrogen and oxygen atoms in total. The van der Waals surface area contributed by atoms with E-state index >= 15 is 0 Å². The molecule has 0 aliphatic carbocycles. The fourth-order valence-corrected chi connectivity index (χ4v) is 1.88. The number of nitrogens with two attached hydrogens (primary N) is 1. The molecule has 78 valence electrons. The predicted molar refractivity (Wildman–Crippen MR) is 51.0 cm³/mol. The van der Waals surface area contributed by atoms with Gasteiger partial charge in [-0.2, -0.15) is 0 Å². The van der Waals surface area contributed by atoms with Gasteiger partial charge in [0.15, 0.2) is 9.84 Å². The van der Waals surface area contributed by atoms with Gasteiger partial charge in [0, 0.05) is 19.5 Å². The summed E-state index contributed by atoms with van der Waals surface area (Å²) < 4.78 is 22.2. The summed E-state index contributed by atoms with van der Waals surface area (Å²) in [6, 6.07) is 0. The van der Waals surface area contributed by atoms with Gasteiger partial charge in [-0.15, -0.1) is 0 Å². The van der Waals surface area contributed by atoms with E-state index < -0.39 is 9.84 Å². The number of carbonyl (C=O) groups is 1. The molecule has 0 radical (unpaired) electrons. The standard InChI is InChI=1S/C7H16N2O3S/c1-2-9-7(10)3-5-13(11,12)6-4-8/h2-6,8H2,1H3,(H,9,10). The smallest absolute Gasteiger partial charge is 0.221 e. The maximum absolute atomic E-state index is 11.1. The average molecular weight is 208 g/mol. The van der Waals surface area contributed by atoms with Crippen LogP contribution in [0.3, 0.4) is 0 Å². The monoisotopic (exact) mass is 208 g/mol. The highest BCUT2D eigenvalue weighted by atomic mass is 32.2. The van der Waals surface area contributed by atoms with Gasteiger partial charge in [0.2, 0.25) is 5.91 Å². The van der Waals surface area contributed by atoms with Gasteiger partial charge in [-0.25, -0.2) is 8.42 Å². The number of hydrogen-bond donors (Lipinski definition) is 2. The van der Waals surface area contributed by atoms with E-state index in [9.17, 15) is 13.2 Å². The Morgan fingerprint density at radius 2 is 2.00 bits per heavy atom. The first kappa shape index (κ1) is 12.4. The third-order valence-corrected chi connectivity index (χ3v) is 3.13. The number of nitrogens with one attached hydrogen (secondary N) is 1. The van der Waals surface area contributed by atoms with Crippen molar-refractivity contribution in [2.24, 2.45) is 5.73 Å². The molecular weight excluding hydrogens is 192 g/mol. The molecule has 0 atom stereocenters. The fraction of sp³-hybridized carbons (Fsp3) is 0.857. The maximum atomic E-state index is 11.1. The molecule has 0 aliphatic heterocycles. The molecule has 1 amide bonds. The van der Waals surface area contributed by atoms with Crippen molar-refractivity contribution < 1.29 is 13.2 Å². The van der Waals surface area contributed by atoms with Crippen LogP contribution in [0, 0.1) is 0 Å². The molecule has 0 saturated carbocycles. The van der Waals surface area contributed by atoms with E-state index in [1.54, 1.807) is 6.92 Å². The first-order chi connectivity index (χ1) is 6.02. The molecule has 0 fully saturated rings. The van der Waals surface area contributed by atoms with E-state index in [1.807, 2.05) is 0 Å². The topological polar surface area (TPSA) is 89.3 Å². The van der Waals surface area contributed by atoms with Gasteiger partial charge >= 0.3 is 0 Å². The van der Waals surface area contributed by atoms with Crippen molar-refractivity contribution in [2.75, 3.05) is 24.6 Å². The highest BCUT2D eigenvalue weighted by molar-refractivity contribution is 7.91. The van der Waals surface area contributed by atoms with Crippen molar-refractivity contribution >= 4 is 15.7 Å². The number of rotatable bonds is 6. The average Bonchev–Trinajstić information content (AvgIpc) is 2.02. The Hall–Kier alpha value is -0.620. The van der Waals surface area contributed by atoms with Gasteiger partial charge in [-0.3, -0.25) is 4.79 Å². The van der Waals surface area contributed by atoms with Crippen LogP contribution in [0.1, 0.15) is 13.3 Å².